The van der Waals surface area contributed by atoms with Gasteiger partial charge in [-0.2, -0.15) is 10.2 Å². The zero-order chi connectivity index (χ0) is 26.4. The Morgan fingerprint density at radius 1 is 1.19 bits per heavy atom. The van der Waals surface area contributed by atoms with E-state index in [2.05, 4.69) is 37.1 Å². The SMILES string of the molecule is CNc1nc2ncc(C#CC3CC3)nc2s1.COc1cnc(C(F)F)cc1-c1cc(C#N)ccc1C=O. The Kier molecular flexibility index (Phi) is 7.96. The highest BCUT2D eigenvalue weighted by Gasteiger charge is 2.18. The molecule has 1 fully saturated rings. The van der Waals surface area contributed by atoms with Crippen LogP contribution in [0.4, 0.5) is 13.9 Å². The Bertz CT molecular complexity index is 1550. The number of thiazole rings is 1. The van der Waals surface area contributed by atoms with Crippen molar-refractivity contribution in [1.82, 2.24) is 19.9 Å². The molecule has 3 aromatic heterocycles. The third kappa shape index (κ3) is 6.21. The van der Waals surface area contributed by atoms with Crippen molar-refractivity contribution < 1.29 is 18.3 Å². The predicted molar refractivity (Wildman–Crippen MR) is 136 cm³/mol. The van der Waals surface area contributed by atoms with Crippen molar-refractivity contribution in [3.8, 4) is 34.8 Å². The Morgan fingerprint density at radius 3 is 2.65 bits per heavy atom. The zero-order valence-electron chi connectivity index (χ0n) is 19.8. The predicted octanol–water partition coefficient (Wildman–Crippen LogP) is 5.27. The van der Waals surface area contributed by atoms with E-state index in [0.29, 0.717) is 34.5 Å². The Morgan fingerprint density at radius 2 is 2.00 bits per heavy atom. The molecule has 0 atom stereocenters. The van der Waals surface area contributed by atoms with Gasteiger partial charge in [-0.15, -0.1) is 0 Å². The van der Waals surface area contributed by atoms with Gasteiger partial charge in [-0.3, -0.25) is 9.78 Å². The number of carbonyl (C=O) groups excluding carboxylic acids is 1. The topological polar surface area (TPSA) is 114 Å². The van der Waals surface area contributed by atoms with E-state index in [1.165, 1.54) is 55.7 Å². The zero-order valence-corrected chi connectivity index (χ0v) is 20.6. The van der Waals surface area contributed by atoms with Crippen LogP contribution in [0.5, 0.6) is 5.75 Å². The quantitative estimate of drug-likeness (QED) is 0.281. The van der Waals surface area contributed by atoms with Crippen LogP contribution in [-0.2, 0) is 0 Å². The smallest absolute Gasteiger partial charge is 0.280 e. The molecule has 8 nitrogen and oxygen atoms in total. The number of hydrogen-bond donors (Lipinski definition) is 1. The van der Waals surface area contributed by atoms with E-state index >= 15 is 0 Å². The van der Waals surface area contributed by atoms with Crippen molar-refractivity contribution in [3.63, 3.8) is 0 Å². The molecule has 5 rings (SSSR count). The number of hydrogen-bond acceptors (Lipinski definition) is 9. The van der Waals surface area contributed by atoms with Crippen molar-refractivity contribution in [1.29, 1.82) is 5.26 Å². The van der Waals surface area contributed by atoms with Gasteiger partial charge < -0.3 is 10.1 Å². The maximum absolute atomic E-state index is 12.8. The van der Waals surface area contributed by atoms with E-state index in [4.69, 9.17) is 10.00 Å². The molecule has 0 radical (unpaired) electrons. The highest BCUT2D eigenvalue weighted by Crippen LogP contribution is 2.34. The molecule has 3 heterocycles. The number of carbonyl (C=O) groups is 1. The number of aromatic nitrogens is 4. The summed E-state index contributed by atoms with van der Waals surface area (Å²) in [5, 5.41) is 12.8. The summed E-state index contributed by atoms with van der Waals surface area (Å²) in [5.41, 5.74) is 2.24. The molecular formula is C26H20F2N6O2S. The lowest BCUT2D eigenvalue weighted by molar-refractivity contribution is 0.112. The number of methoxy groups -OCH3 is 1. The Labute approximate surface area is 215 Å². The largest absolute Gasteiger partial charge is 0.494 e. The Balaban J connectivity index is 0.000000179. The van der Waals surface area contributed by atoms with Crippen molar-refractivity contribution in [3.05, 3.63) is 59.2 Å². The third-order valence-electron chi connectivity index (χ3n) is 5.25. The molecular weight excluding hydrogens is 498 g/mol. The van der Waals surface area contributed by atoms with Gasteiger partial charge in [0.05, 0.1) is 31.1 Å². The molecule has 1 aliphatic rings. The first kappa shape index (κ1) is 25.6. The number of nitrogens with zero attached hydrogens (tertiary/aromatic N) is 5. The van der Waals surface area contributed by atoms with Gasteiger partial charge in [0.1, 0.15) is 17.1 Å². The van der Waals surface area contributed by atoms with Gasteiger partial charge in [0, 0.05) is 24.1 Å². The van der Waals surface area contributed by atoms with Crippen LogP contribution in [0, 0.1) is 29.1 Å². The monoisotopic (exact) mass is 518 g/mol. The van der Waals surface area contributed by atoms with Crippen molar-refractivity contribution >= 4 is 33.2 Å². The minimum atomic E-state index is -2.74. The van der Waals surface area contributed by atoms with Gasteiger partial charge in [-0.1, -0.05) is 17.3 Å². The molecule has 4 aromatic rings. The molecule has 0 aliphatic heterocycles. The second-order valence-electron chi connectivity index (χ2n) is 7.84. The first-order valence-corrected chi connectivity index (χ1v) is 11.9. The van der Waals surface area contributed by atoms with Crippen LogP contribution in [-0.4, -0.2) is 40.4 Å². The van der Waals surface area contributed by atoms with Crippen LogP contribution < -0.4 is 10.1 Å². The maximum atomic E-state index is 12.8. The van der Waals surface area contributed by atoms with Crippen LogP contribution in [0.1, 0.15) is 46.6 Å². The van der Waals surface area contributed by atoms with Gasteiger partial charge >= 0.3 is 0 Å². The number of halogens is 2. The van der Waals surface area contributed by atoms with Gasteiger partial charge in [-0.05, 0) is 48.6 Å². The fraction of sp³-hybridized carbons (Fsp3) is 0.231. The number of ether oxygens (including phenoxy) is 1. The third-order valence-corrected chi connectivity index (χ3v) is 6.21. The molecule has 0 unspecified atom stereocenters. The van der Waals surface area contributed by atoms with Gasteiger partial charge in [0.25, 0.3) is 6.43 Å². The summed E-state index contributed by atoms with van der Waals surface area (Å²) in [5.74, 6) is 7.07. The highest BCUT2D eigenvalue weighted by atomic mass is 32.1. The summed E-state index contributed by atoms with van der Waals surface area (Å²) in [6, 6.07) is 7.50. The van der Waals surface area contributed by atoms with Crippen LogP contribution in [0.15, 0.2) is 36.7 Å². The van der Waals surface area contributed by atoms with Crippen LogP contribution in [0.3, 0.4) is 0 Å². The minimum absolute atomic E-state index is 0.248. The first-order valence-electron chi connectivity index (χ1n) is 11.1. The molecule has 1 N–H and O–H groups in total. The van der Waals surface area contributed by atoms with Gasteiger partial charge in [0.2, 0.25) is 0 Å². The van der Waals surface area contributed by atoms with E-state index < -0.39 is 12.1 Å². The molecule has 0 bridgehead atoms. The average molecular weight is 519 g/mol. The fourth-order valence-corrected chi connectivity index (χ4v) is 3.96. The number of fused-ring (bicyclic) bond motifs is 1. The summed E-state index contributed by atoms with van der Waals surface area (Å²) in [6.45, 7) is 0. The molecule has 11 heteroatoms. The molecule has 0 spiro atoms. The number of benzene rings is 1. The number of pyridine rings is 1. The molecule has 186 valence electrons. The van der Waals surface area contributed by atoms with Crippen LogP contribution >= 0.6 is 11.3 Å². The first-order chi connectivity index (χ1) is 17.9. The van der Waals surface area contributed by atoms with E-state index in [1.54, 1.807) is 6.20 Å². The van der Waals surface area contributed by atoms with Crippen molar-refractivity contribution in [2.24, 2.45) is 5.92 Å². The average Bonchev–Trinajstić information content (AvgIpc) is 3.67. The number of anilines is 1. The number of alkyl halides is 2. The molecule has 0 saturated heterocycles. The lowest BCUT2D eigenvalue weighted by Gasteiger charge is -2.12. The molecule has 1 aromatic carbocycles. The second-order valence-corrected chi connectivity index (χ2v) is 8.82. The van der Waals surface area contributed by atoms with E-state index in [1.807, 2.05) is 13.1 Å². The van der Waals surface area contributed by atoms with E-state index in [9.17, 15) is 13.6 Å². The summed E-state index contributed by atoms with van der Waals surface area (Å²) in [4.78, 5) is 28.5. The minimum Gasteiger partial charge on any atom is -0.494 e. The van der Waals surface area contributed by atoms with Crippen LogP contribution in [0.2, 0.25) is 0 Å². The number of rotatable bonds is 5. The van der Waals surface area contributed by atoms with Crippen molar-refractivity contribution in [2.45, 2.75) is 19.3 Å². The molecule has 0 amide bonds. The summed E-state index contributed by atoms with van der Waals surface area (Å²) >= 11 is 1.50. The standard InChI is InChI=1S/C15H10F2N2O2.C11H10N4S/c1-21-14-7-19-13(15(16)17)5-12(14)11-4-9(6-18)2-3-10(11)8-20;1-12-11-15-9-10(16-11)14-8(6-13-9)5-4-7-2-3-7/h2-5,7-8,15H,1H3;6-7H,2-3H2,1H3,(H,12,13,15). The Hall–Kier alpha value is -4.48. The lowest BCUT2D eigenvalue weighted by Crippen LogP contribution is -1.97. The van der Waals surface area contributed by atoms with Gasteiger partial charge in [0.15, 0.2) is 21.9 Å². The lowest BCUT2D eigenvalue weighted by atomic mass is 9.97. The second kappa shape index (κ2) is 11.5. The molecule has 1 saturated carbocycles. The van der Waals surface area contributed by atoms with E-state index in [0.717, 1.165) is 21.7 Å². The summed E-state index contributed by atoms with van der Waals surface area (Å²) in [6.07, 6.45) is 3.17. The summed E-state index contributed by atoms with van der Waals surface area (Å²) in [7, 11) is 3.21. The maximum Gasteiger partial charge on any atom is 0.280 e. The van der Waals surface area contributed by atoms with Gasteiger partial charge in [-0.25, -0.2) is 18.7 Å². The van der Waals surface area contributed by atoms with Crippen LogP contribution in [0.25, 0.3) is 21.6 Å². The number of nitrogens with one attached hydrogen (secondary N) is 1. The normalized spacial score (nSPS) is 12.1. The van der Waals surface area contributed by atoms with Crippen molar-refractivity contribution in [2.75, 3.05) is 19.5 Å². The molecule has 37 heavy (non-hydrogen) atoms. The number of nitriles is 1. The number of aldehydes is 1. The van der Waals surface area contributed by atoms with E-state index in [-0.39, 0.29) is 11.3 Å². The molecule has 1 aliphatic carbocycles. The summed E-state index contributed by atoms with van der Waals surface area (Å²) < 4.78 is 30.7. The fourth-order valence-electron chi connectivity index (χ4n) is 3.21. The highest BCUT2D eigenvalue weighted by molar-refractivity contribution is 7.21.